The molecule has 0 spiro atoms. The fourth-order valence-corrected chi connectivity index (χ4v) is 3.11. The lowest BCUT2D eigenvalue weighted by Gasteiger charge is -2.25. The summed E-state index contributed by atoms with van der Waals surface area (Å²) < 4.78 is 38.5. The lowest BCUT2D eigenvalue weighted by atomic mass is 9.80. The van der Waals surface area contributed by atoms with Crippen molar-refractivity contribution >= 4 is 0 Å². The fourth-order valence-electron chi connectivity index (χ4n) is 3.11. The van der Waals surface area contributed by atoms with Crippen LogP contribution in [-0.4, -0.2) is 4.98 Å². The Morgan fingerprint density at radius 2 is 2.00 bits per heavy atom. The molecule has 0 saturated heterocycles. The van der Waals surface area contributed by atoms with E-state index in [1.54, 1.807) is 6.07 Å². The molecule has 110 valence electrons. The predicted octanol–water partition coefficient (Wildman–Crippen LogP) is 5.21. The second-order valence-electron chi connectivity index (χ2n) is 5.59. The number of aromatic nitrogens is 1. The quantitative estimate of drug-likeness (QED) is 0.703. The van der Waals surface area contributed by atoms with Crippen molar-refractivity contribution in [2.45, 2.75) is 38.3 Å². The van der Waals surface area contributed by atoms with Gasteiger partial charge in [0, 0.05) is 6.20 Å². The Bertz CT molecular complexity index is 661. The van der Waals surface area contributed by atoms with E-state index < -0.39 is 11.9 Å². The number of halogens is 3. The highest BCUT2D eigenvalue weighted by Gasteiger charge is 2.32. The van der Waals surface area contributed by atoms with E-state index >= 15 is 0 Å². The average Bonchev–Trinajstić information content (AvgIpc) is 2.46. The molecule has 1 aromatic heterocycles. The van der Waals surface area contributed by atoms with Crippen LogP contribution in [0, 0.1) is 0 Å². The topological polar surface area (TPSA) is 12.9 Å². The van der Waals surface area contributed by atoms with Crippen LogP contribution in [-0.2, 0) is 12.6 Å². The van der Waals surface area contributed by atoms with Crippen LogP contribution in [0.4, 0.5) is 13.2 Å². The zero-order valence-corrected chi connectivity index (χ0v) is 11.7. The highest BCUT2D eigenvalue weighted by molar-refractivity contribution is 5.69. The van der Waals surface area contributed by atoms with E-state index in [1.165, 1.54) is 17.3 Å². The molecule has 0 aliphatic heterocycles. The van der Waals surface area contributed by atoms with Crippen molar-refractivity contribution in [2.24, 2.45) is 0 Å². The molecule has 0 saturated carbocycles. The lowest BCUT2D eigenvalue weighted by Crippen LogP contribution is -2.10. The minimum Gasteiger partial charge on any atom is -0.252 e. The van der Waals surface area contributed by atoms with Crippen LogP contribution in [0.1, 0.15) is 42.5 Å². The van der Waals surface area contributed by atoms with Gasteiger partial charge < -0.3 is 0 Å². The van der Waals surface area contributed by atoms with Crippen molar-refractivity contribution in [3.05, 3.63) is 53.3 Å². The highest BCUT2D eigenvalue weighted by Crippen LogP contribution is 2.38. The molecule has 0 N–H and O–H groups in total. The number of rotatable bonds is 1. The van der Waals surface area contributed by atoms with Crippen molar-refractivity contribution in [1.82, 2.24) is 4.98 Å². The van der Waals surface area contributed by atoms with Gasteiger partial charge in [-0.05, 0) is 59.6 Å². The van der Waals surface area contributed by atoms with Crippen molar-refractivity contribution in [1.29, 1.82) is 0 Å². The van der Waals surface area contributed by atoms with Crippen LogP contribution >= 0.6 is 0 Å². The van der Waals surface area contributed by atoms with Crippen LogP contribution in [0.25, 0.3) is 11.1 Å². The van der Waals surface area contributed by atoms with E-state index in [0.29, 0.717) is 11.5 Å². The number of nitrogens with zero attached hydrogens (tertiary/aromatic N) is 1. The number of alkyl halides is 3. The van der Waals surface area contributed by atoms with Gasteiger partial charge in [-0.15, -0.1) is 0 Å². The molecule has 1 nitrogen and oxygen atoms in total. The van der Waals surface area contributed by atoms with E-state index in [0.717, 1.165) is 30.9 Å². The zero-order valence-electron chi connectivity index (χ0n) is 11.7. The summed E-state index contributed by atoms with van der Waals surface area (Å²) in [6.07, 6.45) is -0.00946. The van der Waals surface area contributed by atoms with Gasteiger partial charge in [-0.3, -0.25) is 4.98 Å². The van der Waals surface area contributed by atoms with Gasteiger partial charge in [0.05, 0.1) is 0 Å². The minimum atomic E-state index is -4.40. The van der Waals surface area contributed by atoms with Crippen molar-refractivity contribution in [3.63, 3.8) is 0 Å². The van der Waals surface area contributed by atoms with Gasteiger partial charge in [-0.1, -0.05) is 25.1 Å². The Hall–Kier alpha value is -1.84. The smallest absolute Gasteiger partial charge is 0.252 e. The van der Waals surface area contributed by atoms with Gasteiger partial charge in [-0.25, -0.2) is 0 Å². The summed E-state index contributed by atoms with van der Waals surface area (Å²) in [5.41, 5.74) is 3.14. The molecular formula is C17H16F3N. The van der Waals surface area contributed by atoms with E-state index in [2.05, 4.69) is 18.0 Å². The molecule has 1 unspecified atom stereocenters. The zero-order chi connectivity index (χ0) is 15.0. The first kappa shape index (κ1) is 14.1. The largest absolute Gasteiger partial charge is 0.433 e. The third-order valence-corrected chi connectivity index (χ3v) is 4.17. The average molecular weight is 291 g/mol. The van der Waals surface area contributed by atoms with Crippen LogP contribution in [0.3, 0.4) is 0 Å². The van der Waals surface area contributed by atoms with E-state index in [9.17, 15) is 13.2 Å². The van der Waals surface area contributed by atoms with Crippen molar-refractivity contribution < 1.29 is 13.2 Å². The van der Waals surface area contributed by atoms with E-state index in [-0.39, 0.29) is 0 Å². The molecule has 1 aliphatic rings. The first-order valence-electron chi connectivity index (χ1n) is 7.12. The molecule has 0 radical (unpaired) electrons. The van der Waals surface area contributed by atoms with Crippen LogP contribution in [0.5, 0.6) is 0 Å². The van der Waals surface area contributed by atoms with Crippen molar-refractivity contribution in [3.8, 4) is 11.1 Å². The molecule has 1 aromatic carbocycles. The molecule has 1 heterocycles. The number of benzene rings is 1. The van der Waals surface area contributed by atoms with Gasteiger partial charge >= 0.3 is 6.18 Å². The monoisotopic (exact) mass is 291 g/mol. The number of pyridine rings is 1. The van der Waals surface area contributed by atoms with Crippen LogP contribution in [0.2, 0.25) is 0 Å². The summed E-state index contributed by atoms with van der Waals surface area (Å²) >= 11 is 0. The summed E-state index contributed by atoms with van der Waals surface area (Å²) in [6.45, 7) is 2.18. The molecule has 0 bridgehead atoms. The first-order chi connectivity index (χ1) is 9.97. The molecule has 4 heteroatoms. The maximum Gasteiger partial charge on any atom is 0.433 e. The third-order valence-electron chi connectivity index (χ3n) is 4.17. The highest BCUT2D eigenvalue weighted by atomic mass is 19.4. The number of hydrogen-bond donors (Lipinski definition) is 0. The molecular weight excluding hydrogens is 275 g/mol. The summed E-state index contributed by atoms with van der Waals surface area (Å²) in [7, 11) is 0. The van der Waals surface area contributed by atoms with Gasteiger partial charge in [0.2, 0.25) is 0 Å². The normalized spacial score (nSPS) is 18.4. The third kappa shape index (κ3) is 2.67. The standard InChI is InChI=1S/C17H16F3N/c1-11-4-2-7-15-13(11)5-3-6-14(15)12-8-9-21-16(10-12)17(18,19)20/h3,5-6,8-11H,2,4,7H2,1H3. The summed E-state index contributed by atoms with van der Waals surface area (Å²) in [5.74, 6) is 0.470. The Kier molecular flexibility index (Phi) is 3.47. The maximum absolute atomic E-state index is 12.8. The predicted molar refractivity (Wildman–Crippen MR) is 76.0 cm³/mol. The molecule has 1 atom stereocenters. The molecule has 21 heavy (non-hydrogen) atoms. The second-order valence-corrected chi connectivity index (χ2v) is 5.59. The number of fused-ring (bicyclic) bond motifs is 1. The molecule has 1 aliphatic carbocycles. The Morgan fingerprint density at radius 1 is 1.19 bits per heavy atom. The van der Waals surface area contributed by atoms with E-state index in [4.69, 9.17) is 0 Å². The maximum atomic E-state index is 12.8. The molecule has 2 aromatic rings. The van der Waals surface area contributed by atoms with Crippen LogP contribution in [0.15, 0.2) is 36.5 Å². The SMILES string of the molecule is CC1CCCc2c(-c3ccnc(C(F)(F)F)c3)cccc21. The second kappa shape index (κ2) is 5.17. The van der Waals surface area contributed by atoms with Gasteiger partial charge in [0.1, 0.15) is 5.69 Å². The van der Waals surface area contributed by atoms with Gasteiger partial charge in [-0.2, -0.15) is 13.2 Å². The lowest BCUT2D eigenvalue weighted by molar-refractivity contribution is -0.141. The van der Waals surface area contributed by atoms with Gasteiger partial charge in [0.15, 0.2) is 0 Å². The molecule has 3 rings (SSSR count). The molecule has 0 fully saturated rings. The first-order valence-corrected chi connectivity index (χ1v) is 7.12. The van der Waals surface area contributed by atoms with Crippen LogP contribution < -0.4 is 0 Å². The Morgan fingerprint density at radius 3 is 2.76 bits per heavy atom. The molecule has 0 amide bonds. The van der Waals surface area contributed by atoms with E-state index in [1.807, 2.05) is 12.1 Å². The Balaban J connectivity index is 2.12. The fraction of sp³-hybridized carbons (Fsp3) is 0.353. The summed E-state index contributed by atoms with van der Waals surface area (Å²) in [6, 6.07) is 8.74. The minimum absolute atomic E-state index is 0.470. The van der Waals surface area contributed by atoms with Gasteiger partial charge in [0.25, 0.3) is 0 Å². The summed E-state index contributed by atoms with van der Waals surface area (Å²) in [4.78, 5) is 3.44. The summed E-state index contributed by atoms with van der Waals surface area (Å²) in [5, 5.41) is 0. The Labute approximate surface area is 121 Å². The van der Waals surface area contributed by atoms with Crippen molar-refractivity contribution in [2.75, 3.05) is 0 Å². The number of hydrogen-bond acceptors (Lipinski definition) is 1.